The Bertz CT molecular complexity index is 1190. The third kappa shape index (κ3) is 5.58. The van der Waals surface area contributed by atoms with Gasteiger partial charge in [-0.05, 0) is 48.0 Å². The Morgan fingerprint density at radius 1 is 1.00 bits per heavy atom. The highest BCUT2D eigenvalue weighted by Crippen LogP contribution is 2.22. The summed E-state index contributed by atoms with van der Waals surface area (Å²) in [6, 6.07) is 17.3. The minimum atomic E-state index is -4.27. The molecule has 0 unspecified atom stereocenters. The largest absolute Gasteiger partial charge is 0.497 e. The molecule has 0 atom stereocenters. The van der Waals surface area contributed by atoms with Crippen molar-refractivity contribution in [2.24, 2.45) is 0 Å². The van der Waals surface area contributed by atoms with E-state index in [1.54, 1.807) is 19.2 Å². The van der Waals surface area contributed by atoms with E-state index in [1.807, 2.05) is 12.1 Å². The Morgan fingerprint density at radius 2 is 1.65 bits per heavy atom. The maximum atomic E-state index is 12.4. The molecule has 1 amide bonds. The second-order valence-corrected chi connectivity index (χ2v) is 7.89. The Balaban J connectivity index is 1.64. The molecule has 160 valence electrons. The average Bonchev–Trinajstić information content (AvgIpc) is 2.78. The van der Waals surface area contributed by atoms with Gasteiger partial charge in [0, 0.05) is 24.2 Å². The number of nitro benzene ring substituents is 1. The topological polar surface area (TPSA) is 125 Å². The molecule has 0 saturated carbocycles. The number of amides is 1. The molecule has 10 heteroatoms. The quantitative estimate of drug-likeness (QED) is 0.322. The molecule has 0 aliphatic rings. The number of carbonyl (C=O) groups excluding carboxylic acids is 1. The molecule has 0 aromatic heterocycles. The number of carbonyl (C=O) groups is 1. The zero-order valence-electron chi connectivity index (χ0n) is 16.3. The van der Waals surface area contributed by atoms with E-state index >= 15 is 0 Å². The molecule has 0 radical (unpaired) electrons. The fourth-order valence-corrected chi connectivity index (χ4v) is 3.59. The SMILES string of the molecule is COc1ccc(CNC(=O)c2ccc(OS(=O)(=O)c3cccc([N+](=O)[O-])c3)cc2)cc1. The lowest BCUT2D eigenvalue weighted by atomic mass is 10.2. The van der Waals surface area contributed by atoms with Gasteiger partial charge < -0.3 is 14.2 Å². The summed E-state index contributed by atoms with van der Waals surface area (Å²) in [5.74, 6) is 0.341. The van der Waals surface area contributed by atoms with Gasteiger partial charge in [0.1, 0.15) is 16.4 Å². The number of rotatable bonds is 8. The molecule has 3 rings (SSSR count). The first kappa shape index (κ1) is 21.8. The summed E-state index contributed by atoms with van der Waals surface area (Å²) >= 11 is 0. The third-order valence-electron chi connectivity index (χ3n) is 4.25. The minimum Gasteiger partial charge on any atom is -0.497 e. The van der Waals surface area contributed by atoms with Gasteiger partial charge in [-0.15, -0.1) is 0 Å². The minimum absolute atomic E-state index is 0.0294. The van der Waals surface area contributed by atoms with Crippen molar-refractivity contribution in [2.45, 2.75) is 11.4 Å². The van der Waals surface area contributed by atoms with Crippen LogP contribution < -0.4 is 14.2 Å². The van der Waals surface area contributed by atoms with Crippen molar-refractivity contribution in [3.63, 3.8) is 0 Å². The highest BCUT2D eigenvalue weighted by molar-refractivity contribution is 7.87. The Hall–Kier alpha value is -3.92. The van der Waals surface area contributed by atoms with Gasteiger partial charge in [0.05, 0.1) is 12.0 Å². The molecule has 0 aliphatic carbocycles. The van der Waals surface area contributed by atoms with E-state index in [9.17, 15) is 23.3 Å². The van der Waals surface area contributed by atoms with Crippen LogP contribution in [-0.4, -0.2) is 26.4 Å². The molecule has 0 heterocycles. The highest BCUT2D eigenvalue weighted by Gasteiger charge is 2.20. The van der Waals surface area contributed by atoms with Crippen molar-refractivity contribution < 1.29 is 27.1 Å². The lowest BCUT2D eigenvalue weighted by molar-refractivity contribution is -0.385. The van der Waals surface area contributed by atoms with E-state index in [2.05, 4.69) is 5.32 Å². The highest BCUT2D eigenvalue weighted by atomic mass is 32.2. The van der Waals surface area contributed by atoms with Gasteiger partial charge in [-0.1, -0.05) is 18.2 Å². The van der Waals surface area contributed by atoms with Crippen LogP contribution >= 0.6 is 0 Å². The van der Waals surface area contributed by atoms with Gasteiger partial charge in [0.25, 0.3) is 11.6 Å². The zero-order chi connectivity index (χ0) is 22.4. The molecule has 31 heavy (non-hydrogen) atoms. The van der Waals surface area contributed by atoms with E-state index in [1.165, 1.54) is 42.5 Å². The van der Waals surface area contributed by atoms with Crippen LogP contribution in [0.4, 0.5) is 5.69 Å². The fraction of sp³-hybridized carbons (Fsp3) is 0.0952. The molecule has 0 spiro atoms. The second-order valence-electron chi connectivity index (χ2n) is 6.35. The van der Waals surface area contributed by atoms with E-state index in [0.29, 0.717) is 17.9 Å². The number of nitrogens with one attached hydrogen (secondary N) is 1. The van der Waals surface area contributed by atoms with Gasteiger partial charge in [-0.25, -0.2) is 0 Å². The molecule has 3 aromatic carbocycles. The molecule has 9 nitrogen and oxygen atoms in total. The van der Waals surface area contributed by atoms with Crippen molar-refractivity contribution in [1.29, 1.82) is 0 Å². The molecule has 1 N–H and O–H groups in total. The van der Waals surface area contributed by atoms with Crippen LogP contribution in [-0.2, 0) is 16.7 Å². The first-order valence-electron chi connectivity index (χ1n) is 8.98. The number of methoxy groups -OCH3 is 1. The lowest BCUT2D eigenvalue weighted by Crippen LogP contribution is -2.22. The maximum absolute atomic E-state index is 12.4. The summed E-state index contributed by atoms with van der Waals surface area (Å²) < 4.78 is 34.8. The van der Waals surface area contributed by atoms with Gasteiger partial charge in [0.2, 0.25) is 0 Å². The molecular weight excluding hydrogens is 424 g/mol. The van der Waals surface area contributed by atoms with E-state index in [4.69, 9.17) is 8.92 Å². The monoisotopic (exact) mass is 442 g/mol. The number of nitro groups is 1. The lowest BCUT2D eigenvalue weighted by Gasteiger charge is -2.09. The summed E-state index contributed by atoms with van der Waals surface area (Å²) in [6.45, 7) is 0.308. The number of nitrogens with zero attached hydrogens (tertiary/aromatic N) is 1. The van der Waals surface area contributed by atoms with E-state index in [-0.39, 0.29) is 22.2 Å². The smallest absolute Gasteiger partial charge is 0.339 e. The van der Waals surface area contributed by atoms with Crippen molar-refractivity contribution in [2.75, 3.05) is 7.11 Å². The molecule has 3 aromatic rings. The van der Waals surface area contributed by atoms with Crippen molar-refractivity contribution in [3.05, 3.63) is 94.0 Å². The summed E-state index contributed by atoms with van der Waals surface area (Å²) in [6.07, 6.45) is 0. The standard InChI is InChI=1S/C21H18N2O7S/c1-29-18-9-5-15(6-10-18)14-22-21(24)16-7-11-19(12-8-16)30-31(27,28)20-4-2-3-17(13-20)23(25)26/h2-13H,14H2,1H3,(H,22,24). The normalized spacial score (nSPS) is 10.9. The average molecular weight is 442 g/mol. The summed E-state index contributed by atoms with van der Waals surface area (Å²) in [7, 11) is -2.70. The van der Waals surface area contributed by atoms with Gasteiger partial charge in [0.15, 0.2) is 0 Å². The van der Waals surface area contributed by atoms with Crippen LogP contribution in [0.3, 0.4) is 0 Å². The molecule has 0 fully saturated rings. The van der Waals surface area contributed by atoms with Crippen LogP contribution in [0.1, 0.15) is 15.9 Å². The van der Waals surface area contributed by atoms with Crippen LogP contribution in [0, 0.1) is 10.1 Å². The van der Waals surface area contributed by atoms with E-state index in [0.717, 1.165) is 11.6 Å². The Labute approximate surface area is 178 Å². The number of hydrogen-bond donors (Lipinski definition) is 1. The first-order valence-corrected chi connectivity index (χ1v) is 10.4. The number of ether oxygens (including phenoxy) is 1. The predicted molar refractivity (Wildman–Crippen MR) is 112 cm³/mol. The Kier molecular flexibility index (Phi) is 6.51. The molecule has 0 bridgehead atoms. The molecule has 0 aliphatic heterocycles. The van der Waals surface area contributed by atoms with Crippen LogP contribution in [0.15, 0.2) is 77.7 Å². The maximum Gasteiger partial charge on any atom is 0.339 e. The summed E-state index contributed by atoms with van der Waals surface area (Å²) in [5, 5.41) is 13.6. The second kappa shape index (κ2) is 9.26. The summed E-state index contributed by atoms with van der Waals surface area (Å²) in [4.78, 5) is 22.1. The third-order valence-corrected chi connectivity index (χ3v) is 5.49. The van der Waals surface area contributed by atoms with Crippen LogP contribution in [0.2, 0.25) is 0 Å². The van der Waals surface area contributed by atoms with E-state index < -0.39 is 15.0 Å². The number of benzene rings is 3. The predicted octanol–water partition coefficient (Wildman–Crippen LogP) is 3.30. The fourth-order valence-electron chi connectivity index (χ4n) is 2.62. The zero-order valence-corrected chi connectivity index (χ0v) is 17.2. The van der Waals surface area contributed by atoms with Crippen LogP contribution in [0.5, 0.6) is 11.5 Å². The van der Waals surface area contributed by atoms with Gasteiger partial charge in [-0.3, -0.25) is 14.9 Å². The molecular formula is C21H18N2O7S. The van der Waals surface area contributed by atoms with Crippen molar-refractivity contribution >= 4 is 21.7 Å². The number of hydrogen-bond acceptors (Lipinski definition) is 7. The van der Waals surface area contributed by atoms with Crippen LogP contribution in [0.25, 0.3) is 0 Å². The number of non-ortho nitro benzene ring substituents is 1. The van der Waals surface area contributed by atoms with Gasteiger partial charge in [-0.2, -0.15) is 8.42 Å². The molecule has 0 saturated heterocycles. The van der Waals surface area contributed by atoms with Gasteiger partial charge >= 0.3 is 10.1 Å². The Morgan fingerprint density at radius 3 is 2.26 bits per heavy atom. The van der Waals surface area contributed by atoms with Crippen molar-refractivity contribution in [1.82, 2.24) is 5.32 Å². The summed E-state index contributed by atoms with van der Waals surface area (Å²) in [5.41, 5.74) is 0.833. The van der Waals surface area contributed by atoms with Crippen molar-refractivity contribution in [3.8, 4) is 11.5 Å². The first-order chi connectivity index (χ1) is 14.8.